The minimum Gasteiger partial charge on any atom is -0.310 e. The standard InChI is InChI=1S/C89H110BN/c1-54-45-74-75(86(18,19)43-42-85(74,16)17)47-57(54)26-38-66-70-51-76-77(88(22,23)53-87(76,20)21)52-79(70)90(80-55(2)44-62(48-71(66)80)84(13,14)15)78-41-37-65(91(63-33-28-59(29-34-63)81(4,5)6)64-35-30-60(31-36-64)82(7,8)9)50-68(78)56(3)58-27-40-72-69(46-58)67-39-32-61(83(10,11)12)49-73(67)89(72,24)25/h27-37,39-41,44-52,56,66H,26,38,42-43,53H2,1-25H3. The van der Waals surface area contributed by atoms with E-state index in [4.69, 9.17) is 0 Å². The summed E-state index contributed by atoms with van der Waals surface area (Å²) in [7, 11) is 0. The van der Waals surface area contributed by atoms with E-state index in [0.717, 1.165) is 30.6 Å². The maximum absolute atomic E-state index is 2.77. The molecular formula is C89H110BN. The fourth-order valence-corrected chi connectivity index (χ4v) is 17.5. The summed E-state index contributed by atoms with van der Waals surface area (Å²) in [6.07, 6.45) is 5.66. The van der Waals surface area contributed by atoms with Gasteiger partial charge in [0, 0.05) is 34.3 Å². The number of hydrogen-bond acceptors (Lipinski definition) is 1. The first kappa shape index (κ1) is 64.7. The van der Waals surface area contributed by atoms with Crippen LogP contribution in [0.5, 0.6) is 0 Å². The Labute approximate surface area is 552 Å². The Balaban J connectivity index is 1.12. The quantitative estimate of drug-likeness (QED) is 0.130. The zero-order chi connectivity index (χ0) is 66.0. The van der Waals surface area contributed by atoms with Gasteiger partial charge >= 0.3 is 0 Å². The molecule has 1 nitrogen and oxygen atoms in total. The van der Waals surface area contributed by atoms with Crippen LogP contribution in [0.1, 0.15) is 291 Å². The summed E-state index contributed by atoms with van der Waals surface area (Å²) < 4.78 is 0. The van der Waals surface area contributed by atoms with E-state index in [-0.39, 0.29) is 67.3 Å². The average Bonchev–Trinajstić information content (AvgIpc) is 1.70. The lowest BCUT2D eigenvalue weighted by molar-refractivity contribution is 0.331. The minimum atomic E-state index is -0.117. The van der Waals surface area contributed by atoms with Crippen molar-refractivity contribution in [1.82, 2.24) is 0 Å². The van der Waals surface area contributed by atoms with Crippen LogP contribution in [0.25, 0.3) is 11.1 Å². The van der Waals surface area contributed by atoms with Crippen LogP contribution in [0.15, 0.2) is 140 Å². The molecule has 0 amide bonds. The third kappa shape index (κ3) is 11.2. The minimum absolute atomic E-state index is 0.00409. The molecule has 0 radical (unpaired) electrons. The number of anilines is 3. The molecule has 8 aromatic rings. The van der Waals surface area contributed by atoms with E-state index in [1.807, 2.05) is 0 Å². The van der Waals surface area contributed by atoms with Crippen molar-refractivity contribution in [2.45, 2.75) is 266 Å². The van der Waals surface area contributed by atoms with Crippen LogP contribution in [0.3, 0.4) is 0 Å². The first-order chi connectivity index (χ1) is 42.1. The van der Waals surface area contributed by atoms with Crippen LogP contribution in [0.4, 0.5) is 17.1 Å². The first-order valence-electron chi connectivity index (χ1n) is 35.0. The second kappa shape index (κ2) is 21.6. The molecule has 2 unspecified atom stereocenters. The number of fused-ring (bicyclic) bond motifs is 7. The summed E-state index contributed by atoms with van der Waals surface area (Å²) in [5.74, 6) is 0.257. The lowest BCUT2D eigenvalue weighted by atomic mass is 9.31. The SMILES string of the molecule is Cc1cc2c(cc1CCC1c3cc4c(cc3B(c3ccc(N(c5ccc(C(C)(C)C)cc5)c5ccc(C(C)(C)C)cc5)cc3C(C)c3ccc5c(c3)-c3ccc(C(C)(C)C)cc3C5(C)C)c3c(C)cc(C(C)(C)C)cc31)C(C)(C)CC4(C)C)C(C)(C)CCC2(C)C. The van der Waals surface area contributed by atoms with Gasteiger partial charge in [0.1, 0.15) is 0 Å². The van der Waals surface area contributed by atoms with Gasteiger partial charge in [-0.1, -0.05) is 284 Å². The Morgan fingerprint density at radius 2 is 0.945 bits per heavy atom. The highest BCUT2D eigenvalue weighted by molar-refractivity contribution is 6.97. The smallest absolute Gasteiger partial charge is 0.242 e. The van der Waals surface area contributed by atoms with Crippen LogP contribution in [-0.2, 0) is 55.2 Å². The molecule has 4 aliphatic rings. The Morgan fingerprint density at radius 3 is 1.51 bits per heavy atom. The Morgan fingerprint density at radius 1 is 0.429 bits per heavy atom. The van der Waals surface area contributed by atoms with Crippen molar-refractivity contribution in [1.29, 1.82) is 0 Å². The van der Waals surface area contributed by atoms with Gasteiger partial charge in [-0.05, 0) is 226 Å². The maximum Gasteiger partial charge on any atom is 0.242 e. The lowest BCUT2D eigenvalue weighted by Gasteiger charge is -2.42. The van der Waals surface area contributed by atoms with Crippen molar-refractivity contribution in [3.05, 3.63) is 234 Å². The molecule has 1 aliphatic heterocycles. The summed E-state index contributed by atoms with van der Waals surface area (Å²) in [5.41, 5.74) is 35.8. The van der Waals surface area contributed by atoms with Gasteiger partial charge in [-0.25, -0.2) is 0 Å². The van der Waals surface area contributed by atoms with E-state index in [2.05, 4.69) is 318 Å². The van der Waals surface area contributed by atoms with Gasteiger partial charge < -0.3 is 4.90 Å². The topological polar surface area (TPSA) is 3.24 Å². The van der Waals surface area contributed by atoms with E-state index < -0.39 is 0 Å². The van der Waals surface area contributed by atoms with Gasteiger partial charge in [-0.15, -0.1) is 0 Å². The zero-order valence-electron chi connectivity index (χ0n) is 61.0. The predicted octanol–water partition coefficient (Wildman–Crippen LogP) is 22.3. The average molecular weight is 1200 g/mol. The summed E-state index contributed by atoms with van der Waals surface area (Å²) in [6.45, 7) is 60.5. The molecule has 474 valence electrons. The molecule has 0 fully saturated rings. The van der Waals surface area contributed by atoms with Gasteiger partial charge in [0.2, 0.25) is 6.71 Å². The molecule has 3 aliphatic carbocycles. The van der Waals surface area contributed by atoms with E-state index in [1.165, 1.54) is 124 Å². The normalized spacial score (nSPS) is 18.6. The van der Waals surface area contributed by atoms with Gasteiger partial charge in [0.25, 0.3) is 0 Å². The zero-order valence-corrected chi connectivity index (χ0v) is 61.0. The molecule has 0 saturated heterocycles. The fourth-order valence-electron chi connectivity index (χ4n) is 17.5. The van der Waals surface area contributed by atoms with Crippen molar-refractivity contribution in [2.75, 3.05) is 4.90 Å². The van der Waals surface area contributed by atoms with Crippen molar-refractivity contribution in [2.24, 2.45) is 0 Å². The van der Waals surface area contributed by atoms with Gasteiger partial charge in [0.15, 0.2) is 0 Å². The molecule has 0 spiro atoms. The third-order valence-corrected chi connectivity index (χ3v) is 23.4. The third-order valence-electron chi connectivity index (χ3n) is 23.4. The molecule has 0 bridgehead atoms. The molecule has 2 atom stereocenters. The molecule has 12 rings (SSSR count). The van der Waals surface area contributed by atoms with Crippen LogP contribution in [0.2, 0.25) is 0 Å². The highest BCUT2D eigenvalue weighted by Crippen LogP contribution is 2.54. The summed E-state index contributed by atoms with van der Waals surface area (Å²) in [5, 5.41) is 0. The highest BCUT2D eigenvalue weighted by Gasteiger charge is 2.47. The summed E-state index contributed by atoms with van der Waals surface area (Å²) in [4.78, 5) is 2.54. The van der Waals surface area contributed by atoms with Crippen molar-refractivity contribution in [3.63, 3.8) is 0 Å². The van der Waals surface area contributed by atoms with E-state index >= 15 is 0 Å². The number of nitrogens with zero attached hydrogens (tertiary/aromatic N) is 1. The van der Waals surface area contributed by atoms with E-state index in [0.29, 0.717) is 0 Å². The van der Waals surface area contributed by atoms with Crippen molar-refractivity contribution < 1.29 is 0 Å². The second-order valence-corrected chi connectivity index (χ2v) is 36.5. The molecular weight excluding hydrogens is 1090 g/mol. The van der Waals surface area contributed by atoms with E-state index in [9.17, 15) is 0 Å². The first-order valence-corrected chi connectivity index (χ1v) is 35.0. The molecule has 8 aromatic carbocycles. The summed E-state index contributed by atoms with van der Waals surface area (Å²) >= 11 is 0. The van der Waals surface area contributed by atoms with Gasteiger partial charge in [-0.3, -0.25) is 0 Å². The second-order valence-electron chi connectivity index (χ2n) is 36.5. The number of aryl methyl sites for hydroxylation is 3. The van der Waals surface area contributed by atoms with Gasteiger partial charge in [-0.2, -0.15) is 0 Å². The van der Waals surface area contributed by atoms with Crippen LogP contribution < -0.4 is 21.3 Å². The van der Waals surface area contributed by atoms with Crippen molar-refractivity contribution >= 4 is 40.2 Å². The van der Waals surface area contributed by atoms with Crippen LogP contribution in [-0.4, -0.2) is 6.71 Å². The highest BCUT2D eigenvalue weighted by atomic mass is 15.1. The van der Waals surface area contributed by atoms with Crippen LogP contribution in [0, 0.1) is 13.8 Å². The molecule has 0 aromatic heterocycles. The molecule has 1 heterocycles. The molecule has 0 saturated carbocycles. The predicted molar refractivity (Wildman–Crippen MR) is 397 cm³/mol. The van der Waals surface area contributed by atoms with Crippen molar-refractivity contribution in [3.8, 4) is 11.1 Å². The van der Waals surface area contributed by atoms with Gasteiger partial charge in [0.05, 0.1) is 0 Å². The summed E-state index contributed by atoms with van der Waals surface area (Å²) in [6, 6.07) is 57.6. The Hall–Kier alpha value is -6.38. The molecule has 2 heteroatoms. The maximum atomic E-state index is 2.77. The fraction of sp³-hybridized carbons (Fsp3) is 0.461. The lowest BCUT2D eigenvalue weighted by Crippen LogP contribution is -2.60. The van der Waals surface area contributed by atoms with E-state index in [1.54, 1.807) is 16.7 Å². The largest absolute Gasteiger partial charge is 0.310 e. The number of benzene rings is 8. The molecule has 0 N–H and O–H groups in total. The Kier molecular flexibility index (Phi) is 15.4. The number of hydrogen-bond donors (Lipinski definition) is 0. The van der Waals surface area contributed by atoms with Crippen LogP contribution >= 0.6 is 0 Å². The Bertz CT molecular complexity index is 4120. The molecule has 91 heavy (non-hydrogen) atoms. The number of rotatable bonds is 9. The monoisotopic (exact) mass is 1200 g/mol.